The van der Waals surface area contributed by atoms with Gasteiger partial charge in [-0.2, -0.15) is 0 Å². The molecule has 0 saturated heterocycles. The third kappa shape index (κ3) is 5.95. The monoisotopic (exact) mass is 288 g/mol. The normalized spacial score (nSPS) is 11.6. The number of nitrogens with one attached hydrogen (secondary N) is 1. The molecule has 1 heterocycles. The summed E-state index contributed by atoms with van der Waals surface area (Å²) < 4.78 is 31.4. The molecule has 7 nitrogen and oxygen atoms in total. The van der Waals surface area contributed by atoms with Crippen molar-refractivity contribution in [1.29, 1.82) is 0 Å². The molecule has 0 unspecified atom stereocenters. The molecule has 0 radical (unpaired) electrons. The van der Waals surface area contributed by atoms with Crippen molar-refractivity contribution < 1.29 is 13.2 Å². The Kier molecular flexibility index (Phi) is 6.68. The minimum atomic E-state index is -3.56. The molecule has 0 fully saturated rings. The Hall–Kier alpha value is -1.25. The number of ether oxygens (including phenoxy) is 1. The van der Waals surface area contributed by atoms with Crippen LogP contribution in [0.4, 0.5) is 5.95 Å². The molecule has 0 bridgehead atoms. The molecule has 0 amide bonds. The molecule has 0 saturated carbocycles. The van der Waals surface area contributed by atoms with Crippen molar-refractivity contribution in [2.75, 3.05) is 25.5 Å². The summed E-state index contributed by atoms with van der Waals surface area (Å²) in [6.45, 7) is 3.67. The summed E-state index contributed by atoms with van der Waals surface area (Å²) in [5.74, 6) is 0.0447. The average molecular weight is 288 g/mol. The number of nitrogen functional groups attached to an aromatic ring is 1. The lowest BCUT2D eigenvalue weighted by Crippen LogP contribution is -2.26. The van der Waals surface area contributed by atoms with Crippen molar-refractivity contribution in [2.24, 2.45) is 0 Å². The van der Waals surface area contributed by atoms with E-state index in [1.807, 2.05) is 0 Å². The van der Waals surface area contributed by atoms with Crippen LogP contribution in [0.15, 0.2) is 17.3 Å². The number of hydrogen-bond donors (Lipinski definition) is 2. The number of nitrogens with zero attached hydrogens (tertiary/aromatic N) is 2. The van der Waals surface area contributed by atoms with Gasteiger partial charge >= 0.3 is 0 Å². The van der Waals surface area contributed by atoms with E-state index in [4.69, 9.17) is 10.5 Å². The van der Waals surface area contributed by atoms with Crippen LogP contribution in [0, 0.1) is 0 Å². The van der Waals surface area contributed by atoms with Crippen molar-refractivity contribution in [3.63, 3.8) is 0 Å². The quantitative estimate of drug-likeness (QED) is 0.642. The topological polar surface area (TPSA) is 107 Å². The zero-order chi connectivity index (χ0) is 14.1. The fraction of sp³-hybridized carbons (Fsp3) is 0.636. The third-order valence-corrected chi connectivity index (χ3v) is 3.77. The second-order valence-corrected chi connectivity index (χ2v) is 5.76. The summed E-state index contributed by atoms with van der Waals surface area (Å²) in [6, 6.07) is 0. The number of nitrogens with two attached hydrogens (primary N) is 1. The van der Waals surface area contributed by atoms with Gasteiger partial charge in [-0.25, -0.2) is 23.1 Å². The number of aromatic nitrogens is 2. The first kappa shape index (κ1) is 15.8. The van der Waals surface area contributed by atoms with Gasteiger partial charge in [0.05, 0.1) is 12.4 Å². The zero-order valence-corrected chi connectivity index (χ0v) is 11.8. The summed E-state index contributed by atoms with van der Waals surface area (Å²) >= 11 is 0. The van der Waals surface area contributed by atoms with Crippen LogP contribution in [0.3, 0.4) is 0 Å². The van der Waals surface area contributed by atoms with E-state index in [-0.39, 0.29) is 10.8 Å². The molecule has 1 rings (SSSR count). The van der Waals surface area contributed by atoms with Gasteiger partial charge in [0.25, 0.3) is 0 Å². The molecule has 19 heavy (non-hydrogen) atoms. The van der Waals surface area contributed by atoms with E-state index < -0.39 is 10.0 Å². The Labute approximate surface area is 113 Å². The van der Waals surface area contributed by atoms with Gasteiger partial charge < -0.3 is 10.5 Å². The molecule has 0 aliphatic carbocycles. The van der Waals surface area contributed by atoms with Gasteiger partial charge in [-0.1, -0.05) is 13.3 Å². The van der Waals surface area contributed by atoms with E-state index in [0.717, 1.165) is 19.4 Å². The zero-order valence-electron chi connectivity index (χ0n) is 11.0. The van der Waals surface area contributed by atoms with Crippen LogP contribution in [0.25, 0.3) is 0 Å². The minimum Gasteiger partial charge on any atom is -0.381 e. The molecular weight excluding hydrogens is 268 g/mol. The number of sulfonamides is 1. The van der Waals surface area contributed by atoms with Crippen LogP contribution in [-0.4, -0.2) is 38.1 Å². The van der Waals surface area contributed by atoms with Crippen molar-refractivity contribution >= 4 is 16.0 Å². The Morgan fingerprint density at radius 1 is 1.26 bits per heavy atom. The maximum absolute atomic E-state index is 11.8. The van der Waals surface area contributed by atoms with Crippen molar-refractivity contribution in [3.05, 3.63) is 12.4 Å². The maximum atomic E-state index is 11.8. The maximum Gasteiger partial charge on any atom is 0.243 e. The number of anilines is 1. The Bertz CT molecular complexity index is 461. The third-order valence-electron chi connectivity index (χ3n) is 2.36. The summed E-state index contributed by atoms with van der Waals surface area (Å²) in [4.78, 5) is 7.30. The predicted molar refractivity (Wildman–Crippen MR) is 72.0 cm³/mol. The highest BCUT2D eigenvalue weighted by molar-refractivity contribution is 7.89. The SMILES string of the molecule is CCCCOCCCNS(=O)(=O)c1cnc(N)nc1. The smallest absolute Gasteiger partial charge is 0.243 e. The molecule has 0 spiro atoms. The Morgan fingerprint density at radius 3 is 2.53 bits per heavy atom. The van der Waals surface area contributed by atoms with E-state index in [2.05, 4.69) is 21.6 Å². The van der Waals surface area contributed by atoms with E-state index in [0.29, 0.717) is 19.6 Å². The molecule has 1 aromatic rings. The second-order valence-electron chi connectivity index (χ2n) is 3.99. The molecule has 3 N–H and O–H groups in total. The van der Waals surface area contributed by atoms with Gasteiger partial charge in [0, 0.05) is 19.8 Å². The molecule has 0 aliphatic heterocycles. The highest BCUT2D eigenvalue weighted by atomic mass is 32.2. The molecule has 1 aromatic heterocycles. The molecule has 0 aromatic carbocycles. The number of unbranched alkanes of at least 4 members (excludes halogenated alkanes) is 1. The van der Waals surface area contributed by atoms with E-state index >= 15 is 0 Å². The Morgan fingerprint density at radius 2 is 1.89 bits per heavy atom. The molecule has 8 heteroatoms. The standard InChI is InChI=1S/C11H20N4O3S/c1-2-3-6-18-7-4-5-15-19(16,17)10-8-13-11(12)14-9-10/h8-9,15H,2-7H2,1H3,(H2,12,13,14). The van der Waals surface area contributed by atoms with Gasteiger partial charge in [0.15, 0.2) is 0 Å². The lowest BCUT2D eigenvalue weighted by atomic mass is 10.4. The molecule has 0 aliphatic rings. The Balaban J connectivity index is 2.29. The van der Waals surface area contributed by atoms with Crippen LogP contribution < -0.4 is 10.5 Å². The van der Waals surface area contributed by atoms with Crippen LogP contribution in [0.5, 0.6) is 0 Å². The van der Waals surface area contributed by atoms with E-state index in [9.17, 15) is 8.42 Å². The number of hydrogen-bond acceptors (Lipinski definition) is 6. The first-order valence-electron chi connectivity index (χ1n) is 6.21. The van der Waals surface area contributed by atoms with Gasteiger partial charge in [-0.3, -0.25) is 0 Å². The lowest BCUT2D eigenvalue weighted by molar-refractivity contribution is 0.130. The van der Waals surface area contributed by atoms with Crippen LogP contribution in [0.2, 0.25) is 0 Å². The first-order valence-corrected chi connectivity index (χ1v) is 7.69. The fourth-order valence-electron chi connectivity index (χ4n) is 1.28. The van der Waals surface area contributed by atoms with Gasteiger partial charge in [-0.05, 0) is 12.8 Å². The van der Waals surface area contributed by atoms with Gasteiger partial charge in [-0.15, -0.1) is 0 Å². The van der Waals surface area contributed by atoms with Gasteiger partial charge in [0.2, 0.25) is 16.0 Å². The summed E-state index contributed by atoms with van der Waals surface area (Å²) in [5.41, 5.74) is 5.30. The van der Waals surface area contributed by atoms with Crippen molar-refractivity contribution in [3.8, 4) is 0 Å². The summed E-state index contributed by atoms with van der Waals surface area (Å²) in [6.07, 6.45) is 5.10. The second kappa shape index (κ2) is 8.03. The average Bonchev–Trinajstić information content (AvgIpc) is 2.38. The summed E-state index contributed by atoms with van der Waals surface area (Å²) in [7, 11) is -3.56. The van der Waals surface area contributed by atoms with Crippen molar-refractivity contribution in [2.45, 2.75) is 31.1 Å². The fourth-order valence-corrected chi connectivity index (χ4v) is 2.24. The molecule has 108 valence electrons. The highest BCUT2D eigenvalue weighted by Gasteiger charge is 2.13. The van der Waals surface area contributed by atoms with Crippen molar-refractivity contribution in [1.82, 2.24) is 14.7 Å². The van der Waals surface area contributed by atoms with E-state index in [1.54, 1.807) is 0 Å². The minimum absolute atomic E-state index is 0.00796. The highest BCUT2D eigenvalue weighted by Crippen LogP contribution is 2.05. The van der Waals surface area contributed by atoms with Crippen LogP contribution in [-0.2, 0) is 14.8 Å². The van der Waals surface area contributed by atoms with E-state index in [1.165, 1.54) is 12.4 Å². The summed E-state index contributed by atoms with van der Waals surface area (Å²) in [5, 5.41) is 0. The van der Waals surface area contributed by atoms with Crippen LogP contribution >= 0.6 is 0 Å². The first-order chi connectivity index (χ1) is 9.06. The molecular formula is C11H20N4O3S. The largest absolute Gasteiger partial charge is 0.381 e. The predicted octanol–water partition coefficient (Wildman–Crippen LogP) is 0.544. The van der Waals surface area contributed by atoms with Gasteiger partial charge in [0.1, 0.15) is 4.90 Å². The number of rotatable bonds is 9. The lowest BCUT2D eigenvalue weighted by Gasteiger charge is -2.06. The van der Waals surface area contributed by atoms with Crippen LogP contribution in [0.1, 0.15) is 26.2 Å². The molecule has 0 atom stereocenters.